The zero-order valence-electron chi connectivity index (χ0n) is 6.71. The maximum atomic E-state index is 5.94. The van der Waals surface area contributed by atoms with Crippen LogP contribution in [0.2, 0.25) is 0 Å². The number of hydrogen-bond acceptors (Lipinski definition) is 4. The van der Waals surface area contributed by atoms with E-state index in [4.69, 9.17) is 5.84 Å². The summed E-state index contributed by atoms with van der Waals surface area (Å²) in [5.74, 6) is 5.94. The minimum Gasteiger partial charge on any atom is -0.315 e. The van der Waals surface area contributed by atoms with Gasteiger partial charge in [0.05, 0.1) is 0 Å². The minimum absolute atomic E-state index is 0.571. The highest BCUT2D eigenvalue weighted by atomic mass is 15.5. The number of rotatable bonds is 2. The molecule has 2 saturated heterocycles. The highest BCUT2D eigenvalue weighted by Crippen LogP contribution is 2.09. The van der Waals surface area contributed by atoms with E-state index in [0.29, 0.717) is 12.1 Å². The van der Waals surface area contributed by atoms with E-state index < -0.39 is 0 Å². The molecule has 11 heavy (non-hydrogen) atoms. The zero-order valence-corrected chi connectivity index (χ0v) is 6.71. The predicted molar refractivity (Wildman–Crippen MR) is 44.0 cm³/mol. The highest BCUT2D eigenvalue weighted by Gasteiger charge is 2.29. The molecule has 1 atom stereocenters. The largest absolute Gasteiger partial charge is 0.315 e. The van der Waals surface area contributed by atoms with E-state index in [-0.39, 0.29) is 0 Å². The molecule has 4 heteroatoms. The van der Waals surface area contributed by atoms with Gasteiger partial charge in [-0.05, 0) is 13.0 Å². The fourth-order valence-electron chi connectivity index (χ4n) is 1.68. The van der Waals surface area contributed by atoms with Crippen LogP contribution >= 0.6 is 0 Å². The van der Waals surface area contributed by atoms with Crippen LogP contribution in [0.25, 0.3) is 0 Å². The lowest BCUT2D eigenvalue weighted by Gasteiger charge is -2.38. The van der Waals surface area contributed by atoms with E-state index in [9.17, 15) is 0 Å². The number of nitrogens with zero attached hydrogens (tertiary/aromatic N) is 1. The van der Waals surface area contributed by atoms with Gasteiger partial charge < -0.3 is 10.6 Å². The second kappa shape index (κ2) is 3.06. The molecular weight excluding hydrogens is 140 g/mol. The normalized spacial score (nSPS) is 32.7. The van der Waals surface area contributed by atoms with Crippen LogP contribution in [-0.2, 0) is 0 Å². The van der Waals surface area contributed by atoms with Crippen LogP contribution in [0.5, 0.6) is 0 Å². The van der Waals surface area contributed by atoms with Gasteiger partial charge in [-0.25, -0.2) is 5.01 Å². The fraction of sp³-hybridized carbons (Fsp3) is 1.00. The molecule has 2 aliphatic rings. The monoisotopic (exact) mass is 156 g/mol. The molecule has 2 rings (SSSR count). The van der Waals surface area contributed by atoms with Crippen molar-refractivity contribution in [3.05, 3.63) is 0 Å². The van der Waals surface area contributed by atoms with Crippen LogP contribution in [-0.4, -0.2) is 43.3 Å². The Kier molecular flexibility index (Phi) is 2.09. The Morgan fingerprint density at radius 1 is 1.09 bits per heavy atom. The summed E-state index contributed by atoms with van der Waals surface area (Å²) < 4.78 is 0. The third kappa shape index (κ3) is 1.39. The smallest absolute Gasteiger partial charge is 0.0494 e. The Balaban J connectivity index is 1.82. The molecule has 0 aromatic rings. The minimum atomic E-state index is 0.571. The van der Waals surface area contributed by atoms with Crippen molar-refractivity contribution in [3.8, 4) is 0 Å². The number of hydrazine groups is 1. The summed E-state index contributed by atoms with van der Waals surface area (Å²) in [6.45, 7) is 4.31. The lowest BCUT2D eigenvalue weighted by molar-refractivity contribution is 0.104. The molecule has 4 N–H and O–H groups in total. The van der Waals surface area contributed by atoms with E-state index in [1.54, 1.807) is 0 Å². The van der Waals surface area contributed by atoms with Gasteiger partial charge in [-0.2, -0.15) is 0 Å². The quantitative estimate of drug-likeness (QED) is 0.336. The number of nitrogens with two attached hydrogens (primary N) is 1. The van der Waals surface area contributed by atoms with Gasteiger partial charge in [-0.15, -0.1) is 0 Å². The molecule has 2 aliphatic heterocycles. The predicted octanol–water partition coefficient (Wildman–Crippen LogP) is -1.50. The first-order valence-electron chi connectivity index (χ1n) is 4.32. The first kappa shape index (κ1) is 7.49. The fourth-order valence-corrected chi connectivity index (χ4v) is 1.68. The summed E-state index contributed by atoms with van der Waals surface area (Å²) in [6, 6.07) is 1.15. The van der Waals surface area contributed by atoms with Crippen molar-refractivity contribution in [2.75, 3.05) is 26.2 Å². The van der Waals surface area contributed by atoms with Crippen LogP contribution < -0.4 is 16.5 Å². The zero-order chi connectivity index (χ0) is 7.68. The van der Waals surface area contributed by atoms with Crippen molar-refractivity contribution in [3.63, 3.8) is 0 Å². The molecule has 0 saturated carbocycles. The molecule has 0 aliphatic carbocycles. The van der Waals surface area contributed by atoms with Gasteiger partial charge in [-0.3, -0.25) is 5.84 Å². The average Bonchev–Trinajstić information content (AvgIpc) is 2.32. The molecule has 0 bridgehead atoms. The molecule has 0 radical (unpaired) electrons. The molecule has 0 amide bonds. The van der Waals surface area contributed by atoms with Crippen molar-refractivity contribution >= 4 is 0 Å². The maximum Gasteiger partial charge on any atom is 0.0494 e. The van der Waals surface area contributed by atoms with Crippen LogP contribution in [0, 0.1) is 0 Å². The van der Waals surface area contributed by atoms with Gasteiger partial charge in [-0.1, -0.05) is 0 Å². The van der Waals surface area contributed by atoms with Crippen molar-refractivity contribution in [2.45, 2.75) is 18.5 Å². The van der Waals surface area contributed by atoms with Crippen molar-refractivity contribution in [1.82, 2.24) is 15.6 Å². The number of hydrogen-bond donors (Lipinski definition) is 3. The van der Waals surface area contributed by atoms with Crippen molar-refractivity contribution in [2.24, 2.45) is 5.84 Å². The SMILES string of the molecule is NN(C1CCNC1)C1CNC1. The third-order valence-corrected chi connectivity index (χ3v) is 2.64. The van der Waals surface area contributed by atoms with E-state index in [0.717, 1.165) is 26.2 Å². The number of nitrogens with one attached hydrogen (secondary N) is 2. The van der Waals surface area contributed by atoms with Crippen molar-refractivity contribution < 1.29 is 0 Å². The Bertz CT molecular complexity index is 128. The van der Waals surface area contributed by atoms with Gasteiger partial charge >= 0.3 is 0 Å². The Hall–Kier alpha value is -0.160. The summed E-state index contributed by atoms with van der Waals surface area (Å²) >= 11 is 0. The van der Waals surface area contributed by atoms with Gasteiger partial charge in [0.15, 0.2) is 0 Å². The van der Waals surface area contributed by atoms with Crippen LogP contribution in [0.4, 0.5) is 0 Å². The van der Waals surface area contributed by atoms with E-state index in [1.807, 2.05) is 5.01 Å². The molecule has 0 aromatic heterocycles. The summed E-state index contributed by atoms with van der Waals surface area (Å²) in [5, 5.41) is 8.56. The Morgan fingerprint density at radius 2 is 1.82 bits per heavy atom. The van der Waals surface area contributed by atoms with Crippen LogP contribution in [0.1, 0.15) is 6.42 Å². The van der Waals surface area contributed by atoms with Gasteiger partial charge in [0.25, 0.3) is 0 Å². The highest BCUT2D eigenvalue weighted by molar-refractivity contribution is 4.88. The second-order valence-electron chi connectivity index (χ2n) is 3.41. The summed E-state index contributed by atoms with van der Waals surface area (Å²) in [6.07, 6.45) is 1.20. The molecule has 0 spiro atoms. The van der Waals surface area contributed by atoms with E-state index in [1.165, 1.54) is 6.42 Å². The Labute approximate surface area is 67.1 Å². The maximum absolute atomic E-state index is 5.94. The van der Waals surface area contributed by atoms with Gasteiger partial charge in [0, 0.05) is 31.7 Å². The van der Waals surface area contributed by atoms with Gasteiger partial charge in [0.1, 0.15) is 0 Å². The van der Waals surface area contributed by atoms with E-state index >= 15 is 0 Å². The lowest BCUT2D eigenvalue weighted by Crippen LogP contribution is -2.62. The lowest BCUT2D eigenvalue weighted by atomic mass is 10.1. The molecule has 0 aromatic carbocycles. The third-order valence-electron chi connectivity index (χ3n) is 2.64. The summed E-state index contributed by atoms with van der Waals surface area (Å²) in [7, 11) is 0. The molecule has 1 unspecified atom stereocenters. The van der Waals surface area contributed by atoms with Crippen LogP contribution in [0.3, 0.4) is 0 Å². The summed E-state index contributed by atoms with van der Waals surface area (Å²) in [5.41, 5.74) is 0. The molecule has 2 heterocycles. The molecular formula is C7H16N4. The molecule has 4 nitrogen and oxygen atoms in total. The van der Waals surface area contributed by atoms with E-state index in [2.05, 4.69) is 10.6 Å². The first-order valence-corrected chi connectivity index (χ1v) is 4.32. The first-order chi connectivity index (χ1) is 5.38. The average molecular weight is 156 g/mol. The Morgan fingerprint density at radius 3 is 2.27 bits per heavy atom. The van der Waals surface area contributed by atoms with Crippen LogP contribution in [0.15, 0.2) is 0 Å². The summed E-state index contributed by atoms with van der Waals surface area (Å²) in [4.78, 5) is 0. The molecule has 64 valence electrons. The standard InChI is InChI=1S/C7H16N4/c8-11(7-4-10-5-7)6-1-2-9-3-6/h6-7,9-10H,1-5,8H2. The topological polar surface area (TPSA) is 53.3 Å². The second-order valence-corrected chi connectivity index (χ2v) is 3.41. The van der Waals surface area contributed by atoms with Crippen molar-refractivity contribution in [1.29, 1.82) is 0 Å². The molecule has 2 fully saturated rings. The van der Waals surface area contributed by atoms with Gasteiger partial charge in [0.2, 0.25) is 0 Å².